The van der Waals surface area contributed by atoms with Crippen LogP contribution in [0.4, 0.5) is 0 Å². The average molecular weight is 257 g/mol. The zero-order valence-electron chi connectivity index (χ0n) is 10.4. The monoisotopic (exact) mass is 257 g/mol. The Balaban J connectivity index is 2.04. The lowest BCUT2D eigenvalue weighted by molar-refractivity contribution is -0.137. The molecule has 1 unspecified atom stereocenters. The number of para-hydroxylation sites is 1. The van der Waals surface area contributed by atoms with E-state index in [0.717, 1.165) is 11.3 Å². The third kappa shape index (κ3) is 4.10. The largest absolute Gasteiger partial charge is 0.493 e. The Morgan fingerprint density at radius 1 is 1.21 bits per heavy atom. The maximum absolute atomic E-state index is 10.9. The van der Waals surface area contributed by atoms with Crippen LogP contribution in [0.2, 0.25) is 0 Å². The predicted molar refractivity (Wildman–Crippen MR) is 71.2 cm³/mol. The van der Waals surface area contributed by atoms with Crippen molar-refractivity contribution in [3.63, 3.8) is 0 Å². The molecule has 4 heteroatoms. The lowest BCUT2D eigenvalue weighted by Crippen LogP contribution is -2.14. The molecule has 0 aliphatic rings. The maximum Gasteiger partial charge on any atom is 0.304 e. The second-order valence-corrected chi connectivity index (χ2v) is 4.21. The van der Waals surface area contributed by atoms with Crippen molar-refractivity contribution in [2.45, 2.75) is 12.3 Å². The molecule has 0 fully saturated rings. The number of carboxylic acids is 1. The van der Waals surface area contributed by atoms with E-state index in [1.54, 1.807) is 18.5 Å². The molecule has 0 amide bonds. The minimum Gasteiger partial charge on any atom is -0.493 e. The van der Waals surface area contributed by atoms with Crippen molar-refractivity contribution in [3.05, 3.63) is 60.4 Å². The van der Waals surface area contributed by atoms with Crippen molar-refractivity contribution in [1.29, 1.82) is 0 Å². The fourth-order valence-corrected chi connectivity index (χ4v) is 1.81. The van der Waals surface area contributed by atoms with E-state index in [4.69, 9.17) is 9.84 Å². The number of aromatic nitrogens is 1. The first kappa shape index (κ1) is 13.1. The highest BCUT2D eigenvalue weighted by molar-refractivity contribution is 5.68. The van der Waals surface area contributed by atoms with Crippen molar-refractivity contribution in [1.82, 2.24) is 4.98 Å². The number of aliphatic carboxylic acids is 1. The zero-order chi connectivity index (χ0) is 13.5. The molecule has 1 atom stereocenters. The van der Waals surface area contributed by atoms with Crippen LogP contribution in [0.5, 0.6) is 5.75 Å². The van der Waals surface area contributed by atoms with Gasteiger partial charge in [-0.05, 0) is 23.8 Å². The highest BCUT2D eigenvalue weighted by atomic mass is 16.5. The molecule has 0 aliphatic carbocycles. The van der Waals surface area contributed by atoms with Gasteiger partial charge >= 0.3 is 5.97 Å². The number of pyridine rings is 1. The third-order valence-electron chi connectivity index (χ3n) is 2.77. The van der Waals surface area contributed by atoms with Crippen LogP contribution in [-0.2, 0) is 4.79 Å². The summed E-state index contributed by atoms with van der Waals surface area (Å²) >= 11 is 0. The molecule has 0 saturated heterocycles. The summed E-state index contributed by atoms with van der Waals surface area (Å²) in [5.41, 5.74) is 0.876. The van der Waals surface area contributed by atoms with Crippen LogP contribution in [0.1, 0.15) is 17.9 Å². The van der Waals surface area contributed by atoms with Gasteiger partial charge in [0.1, 0.15) is 5.75 Å². The molecule has 19 heavy (non-hydrogen) atoms. The normalized spacial score (nSPS) is 11.8. The van der Waals surface area contributed by atoms with E-state index in [2.05, 4.69) is 4.98 Å². The van der Waals surface area contributed by atoms with Crippen LogP contribution >= 0.6 is 0 Å². The van der Waals surface area contributed by atoms with E-state index in [0.29, 0.717) is 6.61 Å². The highest BCUT2D eigenvalue weighted by Gasteiger charge is 2.16. The van der Waals surface area contributed by atoms with E-state index in [9.17, 15) is 4.79 Å². The third-order valence-corrected chi connectivity index (χ3v) is 2.77. The standard InChI is InChI=1S/C15H15NO3/c17-15(18)9-13(12-5-4-8-16-10-12)11-19-14-6-2-1-3-7-14/h1-8,10,13H,9,11H2,(H,17,18). The van der Waals surface area contributed by atoms with Crippen LogP contribution in [0.15, 0.2) is 54.9 Å². The summed E-state index contributed by atoms with van der Waals surface area (Å²) in [5.74, 6) is -0.307. The second-order valence-electron chi connectivity index (χ2n) is 4.21. The van der Waals surface area contributed by atoms with Gasteiger partial charge < -0.3 is 9.84 Å². The smallest absolute Gasteiger partial charge is 0.304 e. The van der Waals surface area contributed by atoms with E-state index in [1.165, 1.54) is 0 Å². The number of nitrogens with zero attached hydrogens (tertiary/aromatic N) is 1. The molecular formula is C15H15NO3. The molecule has 0 radical (unpaired) electrons. The zero-order valence-corrected chi connectivity index (χ0v) is 10.4. The Hall–Kier alpha value is -2.36. The van der Waals surface area contributed by atoms with Crippen LogP contribution in [0, 0.1) is 0 Å². The summed E-state index contributed by atoms with van der Waals surface area (Å²) < 4.78 is 5.63. The molecule has 0 saturated carbocycles. The molecule has 0 spiro atoms. The van der Waals surface area contributed by atoms with Gasteiger partial charge in [0.2, 0.25) is 0 Å². The van der Waals surface area contributed by atoms with Crippen molar-refractivity contribution >= 4 is 5.97 Å². The quantitative estimate of drug-likeness (QED) is 0.864. The minimum absolute atomic E-state index is 0.0263. The van der Waals surface area contributed by atoms with E-state index in [1.807, 2.05) is 36.4 Å². The first-order valence-corrected chi connectivity index (χ1v) is 6.05. The second kappa shape index (κ2) is 6.54. The van der Waals surface area contributed by atoms with Crippen LogP contribution in [0.3, 0.4) is 0 Å². The number of carboxylic acid groups (broad SMARTS) is 1. The number of rotatable bonds is 6. The van der Waals surface area contributed by atoms with E-state index < -0.39 is 5.97 Å². The Morgan fingerprint density at radius 3 is 2.63 bits per heavy atom. The lowest BCUT2D eigenvalue weighted by atomic mass is 9.98. The molecule has 0 aliphatic heterocycles. The van der Waals surface area contributed by atoms with Crippen LogP contribution in [-0.4, -0.2) is 22.7 Å². The summed E-state index contributed by atoms with van der Waals surface area (Å²) in [7, 11) is 0. The molecule has 98 valence electrons. The Bertz CT molecular complexity index is 513. The molecule has 0 bridgehead atoms. The van der Waals surface area contributed by atoms with Gasteiger partial charge in [0.05, 0.1) is 13.0 Å². The van der Waals surface area contributed by atoms with E-state index >= 15 is 0 Å². The van der Waals surface area contributed by atoms with Crippen molar-refractivity contribution in [2.75, 3.05) is 6.61 Å². The number of ether oxygens (including phenoxy) is 1. The molecular weight excluding hydrogens is 242 g/mol. The summed E-state index contributed by atoms with van der Waals surface area (Å²) in [4.78, 5) is 14.9. The van der Waals surface area contributed by atoms with Gasteiger partial charge in [-0.25, -0.2) is 0 Å². The van der Waals surface area contributed by atoms with E-state index in [-0.39, 0.29) is 12.3 Å². The summed E-state index contributed by atoms with van der Waals surface area (Å²) in [6.45, 7) is 0.321. The van der Waals surface area contributed by atoms with Gasteiger partial charge in [-0.1, -0.05) is 24.3 Å². The summed E-state index contributed by atoms with van der Waals surface area (Å²) in [6.07, 6.45) is 3.37. The van der Waals surface area contributed by atoms with Crippen molar-refractivity contribution in [3.8, 4) is 5.75 Å². The molecule has 1 N–H and O–H groups in total. The average Bonchev–Trinajstić information content (AvgIpc) is 2.45. The van der Waals surface area contributed by atoms with Crippen molar-refractivity contribution < 1.29 is 14.6 Å². The Kier molecular flexibility index (Phi) is 4.50. The van der Waals surface area contributed by atoms with Gasteiger partial charge in [0, 0.05) is 18.3 Å². The summed E-state index contributed by atoms with van der Waals surface area (Å²) in [5, 5.41) is 8.97. The first-order valence-electron chi connectivity index (χ1n) is 6.05. The predicted octanol–water partition coefficient (Wildman–Crippen LogP) is 2.72. The molecule has 4 nitrogen and oxygen atoms in total. The minimum atomic E-state index is -0.842. The Labute approximate surface area is 111 Å². The van der Waals surface area contributed by atoms with Gasteiger partial charge in [0.25, 0.3) is 0 Å². The van der Waals surface area contributed by atoms with Gasteiger partial charge in [-0.3, -0.25) is 9.78 Å². The molecule has 1 heterocycles. The van der Waals surface area contributed by atoms with Gasteiger partial charge in [-0.15, -0.1) is 0 Å². The van der Waals surface area contributed by atoms with Gasteiger partial charge in [-0.2, -0.15) is 0 Å². The first-order chi connectivity index (χ1) is 9.25. The highest BCUT2D eigenvalue weighted by Crippen LogP contribution is 2.20. The molecule has 2 rings (SSSR count). The number of hydrogen-bond donors (Lipinski definition) is 1. The van der Waals surface area contributed by atoms with Crippen LogP contribution in [0.25, 0.3) is 0 Å². The lowest BCUT2D eigenvalue weighted by Gasteiger charge is -2.16. The topological polar surface area (TPSA) is 59.4 Å². The Morgan fingerprint density at radius 2 is 2.00 bits per heavy atom. The van der Waals surface area contributed by atoms with Gasteiger partial charge in [0.15, 0.2) is 0 Å². The fraction of sp³-hybridized carbons (Fsp3) is 0.200. The molecule has 1 aromatic heterocycles. The summed E-state index contributed by atoms with van der Waals surface area (Å²) in [6, 6.07) is 13.0. The maximum atomic E-state index is 10.9. The SMILES string of the molecule is O=C(O)CC(COc1ccccc1)c1cccnc1. The van der Waals surface area contributed by atoms with Crippen LogP contribution < -0.4 is 4.74 Å². The number of carbonyl (C=O) groups is 1. The number of hydrogen-bond acceptors (Lipinski definition) is 3. The number of benzene rings is 1. The van der Waals surface area contributed by atoms with Crippen molar-refractivity contribution in [2.24, 2.45) is 0 Å². The fourth-order valence-electron chi connectivity index (χ4n) is 1.81. The molecule has 2 aromatic rings. The molecule has 1 aromatic carbocycles.